The van der Waals surface area contributed by atoms with Crippen molar-refractivity contribution in [2.75, 3.05) is 6.54 Å². The third-order valence-electron chi connectivity index (χ3n) is 8.70. The zero-order valence-corrected chi connectivity index (χ0v) is 23.4. The lowest BCUT2D eigenvalue weighted by molar-refractivity contribution is -0.149. The average molecular weight is 616 g/mol. The highest BCUT2D eigenvalue weighted by Crippen LogP contribution is 2.68. The summed E-state index contributed by atoms with van der Waals surface area (Å²) in [7, 11) is 0. The molecule has 5 aliphatic rings. The summed E-state index contributed by atoms with van der Waals surface area (Å²) >= 11 is 3.39. The van der Waals surface area contributed by atoms with Gasteiger partial charge in [-0.2, -0.15) is 0 Å². The summed E-state index contributed by atoms with van der Waals surface area (Å²) in [6, 6.07) is 6.86. The predicted octanol–water partition coefficient (Wildman–Crippen LogP) is 1.64. The monoisotopic (exact) mass is 615 g/mol. The Morgan fingerprint density at radius 2 is 1.71 bits per heavy atom. The molecule has 212 valence electrons. The number of likely N-dealkylation sites (tertiary alicyclic amines) is 1. The maximum Gasteiger partial charge on any atom is 0.323 e. The molecule has 0 unspecified atom stereocenters. The number of fused-ring (bicyclic) bond motifs is 9. The number of aliphatic carboxylic acids is 1. The number of aromatic amines is 1. The molecular weight excluding hydrogens is 594 g/mol. The maximum absolute atomic E-state index is 13.3. The van der Waals surface area contributed by atoms with Crippen LogP contribution in [0.4, 0.5) is 4.79 Å². The van der Waals surface area contributed by atoms with E-state index >= 15 is 0 Å². The second kappa shape index (κ2) is 9.56. The number of carbonyl (C=O) groups excluding carboxylic acids is 5. The molecule has 1 aromatic heterocycles. The minimum Gasteiger partial charge on any atom is -0.480 e. The van der Waals surface area contributed by atoms with Crippen molar-refractivity contribution in [3.05, 3.63) is 44.4 Å². The van der Waals surface area contributed by atoms with Crippen molar-refractivity contribution < 1.29 is 38.6 Å². The minimum absolute atomic E-state index is 0.0409. The number of carboxylic acids is 1. The SMILES string of the molecule is O=C(O)CN1C(=O)[C@@H]2[C@H]3C[C@@H]([C@H]4Sc5[nH]c(=O)sc5[C@@H](c5ccc(OC(=O)C[C@H]6SC(=O)NC6=O)cc5)[C@@H]34)[C@H]2C1=O. The Balaban J connectivity index is 1.16. The van der Waals surface area contributed by atoms with E-state index in [1.54, 1.807) is 24.3 Å². The molecule has 15 heteroatoms. The van der Waals surface area contributed by atoms with Crippen LogP contribution in [0.5, 0.6) is 5.75 Å². The first-order valence-corrected chi connectivity index (χ1v) is 15.5. The van der Waals surface area contributed by atoms with Gasteiger partial charge < -0.3 is 14.8 Å². The molecule has 2 saturated carbocycles. The summed E-state index contributed by atoms with van der Waals surface area (Å²) in [5.41, 5.74) is 0.858. The fourth-order valence-corrected chi connectivity index (χ4v) is 11.0. The number of thiazole rings is 1. The highest BCUT2D eigenvalue weighted by molar-refractivity contribution is 8.15. The molecule has 2 aromatic rings. The van der Waals surface area contributed by atoms with Gasteiger partial charge in [0.05, 0.1) is 23.3 Å². The zero-order chi connectivity index (χ0) is 28.7. The van der Waals surface area contributed by atoms with Gasteiger partial charge in [0.1, 0.15) is 17.5 Å². The molecule has 4 amide bonds. The van der Waals surface area contributed by atoms with Crippen molar-refractivity contribution in [1.82, 2.24) is 15.2 Å². The number of thioether (sulfide) groups is 2. The second-order valence-electron chi connectivity index (χ2n) is 10.7. The number of esters is 1. The predicted molar refractivity (Wildman–Crippen MR) is 144 cm³/mol. The van der Waals surface area contributed by atoms with Crippen molar-refractivity contribution in [3.63, 3.8) is 0 Å². The van der Waals surface area contributed by atoms with E-state index in [-0.39, 0.29) is 46.0 Å². The number of nitrogens with one attached hydrogen (secondary N) is 2. The lowest BCUT2D eigenvalue weighted by atomic mass is 9.68. The van der Waals surface area contributed by atoms with Crippen molar-refractivity contribution in [1.29, 1.82) is 0 Å². The minimum atomic E-state index is -1.23. The number of amides is 4. The third-order valence-corrected chi connectivity index (χ3v) is 12.3. The molecular formula is C26H21N3O9S3. The van der Waals surface area contributed by atoms with Gasteiger partial charge in [0, 0.05) is 16.0 Å². The molecule has 8 atom stereocenters. The first-order chi connectivity index (χ1) is 19.6. The van der Waals surface area contributed by atoms with Crippen LogP contribution < -0.4 is 14.9 Å². The van der Waals surface area contributed by atoms with E-state index in [1.807, 2.05) is 0 Å². The van der Waals surface area contributed by atoms with Crippen LogP contribution in [-0.2, 0) is 24.0 Å². The Kier molecular flexibility index (Phi) is 6.17. The number of nitrogens with zero attached hydrogens (tertiary/aromatic N) is 1. The molecule has 1 aromatic carbocycles. The van der Waals surface area contributed by atoms with E-state index in [1.165, 1.54) is 11.8 Å². The molecule has 0 radical (unpaired) electrons. The molecule has 41 heavy (non-hydrogen) atoms. The van der Waals surface area contributed by atoms with Crippen LogP contribution in [0.2, 0.25) is 0 Å². The van der Waals surface area contributed by atoms with Crippen molar-refractivity contribution in [2.24, 2.45) is 29.6 Å². The van der Waals surface area contributed by atoms with Gasteiger partial charge in [0.25, 0.3) is 5.24 Å². The van der Waals surface area contributed by atoms with Gasteiger partial charge in [-0.1, -0.05) is 35.2 Å². The Hall–Kier alpha value is -3.43. The van der Waals surface area contributed by atoms with Crippen LogP contribution in [0, 0.1) is 29.6 Å². The molecule has 0 spiro atoms. The van der Waals surface area contributed by atoms with Gasteiger partial charge in [-0.15, -0.1) is 11.8 Å². The lowest BCUT2D eigenvalue weighted by Crippen LogP contribution is -2.42. The Morgan fingerprint density at radius 1 is 1.00 bits per heavy atom. The summed E-state index contributed by atoms with van der Waals surface area (Å²) < 4.78 is 5.40. The number of hydrogen-bond donors (Lipinski definition) is 3. The zero-order valence-electron chi connectivity index (χ0n) is 20.9. The van der Waals surface area contributed by atoms with Crippen LogP contribution in [0.15, 0.2) is 34.1 Å². The largest absolute Gasteiger partial charge is 0.480 e. The third kappa shape index (κ3) is 4.15. The molecule has 3 aliphatic heterocycles. The van der Waals surface area contributed by atoms with Crippen LogP contribution in [0.25, 0.3) is 0 Å². The summed E-state index contributed by atoms with van der Waals surface area (Å²) in [5, 5.41) is 10.8. The Bertz CT molecular complexity index is 1600. The van der Waals surface area contributed by atoms with Gasteiger partial charge in [-0.25, -0.2) is 0 Å². The topological polar surface area (TPSA) is 180 Å². The number of H-pyrrole nitrogens is 1. The number of rotatable bonds is 6. The number of carbonyl (C=O) groups is 6. The highest BCUT2D eigenvalue weighted by atomic mass is 32.2. The molecule has 3 N–H and O–H groups in total. The smallest absolute Gasteiger partial charge is 0.323 e. The number of benzene rings is 1. The molecule has 7 rings (SSSR count). The summed E-state index contributed by atoms with van der Waals surface area (Å²) in [6.07, 6.45) is 0.419. The number of aromatic nitrogens is 1. The standard InChI is InChI=1S/C26H21N3O9S3/c30-13(31)7-29-23(34)17-10-5-11(18(17)24(29)35)19-16(10)15(20-22(40-19)28-26(37)41-20)8-1-3-9(4-2-8)38-14(32)6-12-21(33)27-25(36)39-12/h1-4,10-12,15-19H,5-7H2,(H,28,37)(H,30,31)(H,27,33,36)/t10-,11+,12+,15-,16+,17+,18+,19+/m0/s1. The van der Waals surface area contributed by atoms with E-state index in [0.717, 1.165) is 43.5 Å². The van der Waals surface area contributed by atoms with Gasteiger partial charge in [0.2, 0.25) is 17.7 Å². The molecule has 2 aliphatic carbocycles. The highest BCUT2D eigenvalue weighted by Gasteiger charge is 2.69. The lowest BCUT2D eigenvalue weighted by Gasteiger charge is -2.43. The molecule has 2 saturated heterocycles. The van der Waals surface area contributed by atoms with Crippen molar-refractivity contribution >= 4 is 69.8 Å². The Labute approximate surface area is 243 Å². The normalized spacial score (nSPS) is 33.0. The van der Waals surface area contributed by atoms with Gasteiger partial charge in [-0.3, -0.25) is 43.8 Å². The Morgan fingerprint density at radius 3 is 2.37 bits per heavy atom. The average Bonchev–Trinajstić information content (AvgIpc) is 3.69. The van der Waals surface area contributed by atoms with Crippen LogP contribution in [0.3, 0.4) is 0 Å². The van der Waals surface area contributed by atoms with Crippen LogP contribution >= 0.6 is 34.9 Å². The molecule has 12 nitrogen and oxygen atoms in total. The first-order valence-electron chi connectivity index (χ1n) is 12.9. The number of ether oxygens (including phenoxy) is 1. The summed E-state index contributed by atoms with van der Waals surface area (Å²) in [6.45, 7) is -0.642. The van der Waals surface area contributed by atoms with Gasteiger partial charge in [-0.05, 0) is 41.9 Å². The second-order valence-corrected chi connectivity index (χ2v) is 14.1. The maximum atomic E-state index is 13.3. The van der Waals surface area contributed by atoms with E-state index < -0.39 is 58.5 Å². The van der Waals surface area contributed by atoms with E-state index in [4.69, 9.17) is 4.74 Å². The fourth-order valence-electron chi connectivity index (χ4n) is 7.34. The molecule has 4 fully saturated rings. The summed E-state index contributed by atoms with van der Waals surface area (Å²) in [4.78, 5) is 90.2. The number of hydrogen-bond acceptors (Lipinski definition) is 11. The summed E-state index contributed by atoms with van der Waals surface area (Å²) in [5.74, 6) is -4.71. The first kappa shape index (κ1) is 26.5. The van der Waals surface area contributed by atoms with Crippen LogP contribution in [-0.4, -0.2) is 66.9 Å². The molecule has 4 heterocycles. The quantitative estimate of drug-likeness (QED) is 0.244. The van der Waals surface area contributed by atoms with Crippen LogP contribution in [0.1, 0.15) is 29.2 Å². The fraction of sp³-hybridized carbons (Fsp3) is 0.423. The van der Waals surface area contributed by atoms with E-state index in [9.17, 15) is 38.7 Å². The number of imide groups is 2. The molecule has 2 bridgehead atoms. The van der Waals surface area contributed by atoms with Gasteiger partial charge >= 0.3 is 16.8 Å². The van der Waals surface area contributed by atoms with Crippen molar-refractivity contribution in [3.8, 4) is 5.75 Å². The van der Waals surface area contributed by atoms with E-state index in [2.05, 4.69) is 10.3 Å². The number of carboxylic acid groups (broad SMARTS) is 1. The van der Waals surface area contributed by atoms with Gasteiger partial charge in [0.15, 0.2) is 0 Å². The van der Waals surface area contributed by atoms with Crippen molar-refractivity contribution in [2.45, 2.75) is 34.3 Å². The van der Waals surface area contributed by atoms with E-state index in [0.29, 0.717) is 6.42 Å².